The lowest BCUT2D eigenvalue weighted by Crippen LogP contribution is -2.45. The van der Waals surface area contributed by atoms with Crippen molar-refractivity contribution in [3.8, 4) is 11.1 Å². The van der Waals surface area contributed by atoms with Crippen molar-refractivity contribution in [2.75, 3.05) is 11.9 Å². The third kappa shape index (κ3) is 8.36. The first-order valence-electron chi connectivity index (χ1n) is 12.3. The van der Waals surface area contributed by atoms with Gasteiger partial charge in [-0.15, -0.1) is 0 Å². The largest absolute Gasteiger partial charge is 0.465 e. The zero-order valence-electron chi connectivity index (χ0n) is 21.9. The van der Waals surface area contributed by atoms with Crippen LogP contribution in [0, 0.1) is 5.92 Å². The van der Waals surface area contributed by atoms with Crippen molar-refractivity contribution in [3.05, 3.63) is 70.1 Å². The van der Waals surface area contributed by atoms with Crippen molar-refractivity contribution in [1.82, 2.24) is 20.6 Å². The highest BCUT2D eigenvalue weighted by molar-refractivity contribution is 6.33. The van der Waals surface area contributed by atoms with Gasteiger partial charge in [0.15, 0.2) is 0 Å². The number of H-pyrrole nitrogens is 1. The van der Waals surface area contributed by atoms with Crippen LogP contribution in [0.25, 0.3) is 11.1 Å². The lowest BCUT2D eigenvalue weighted by molar-refractivity contribution is -0.148. The summed E-state index contributed by atoms with van der Waals surface area (Å²) in [6.07, 6.45) is 1.87. The van der Waals surface area contributed by atoms with Crippen molar-refractivity contribution in [2.45, 2.75) is 45.8 Å². The van der Waals surface area contributed by atoms with Crippen LogP contribution in [0.3, 0.4) is 0 Å². The third-order valence-corrected chi connectivity index (χ3v) is 6.22. The lowest BCUT2D eigenvalue weighted by Gasteiger charge is -2.23. The van der Waals surface area contributed by atoms with Gasteiger partial charge in [0.1, 0.15) is 24.2 Å². The molecular weight excluding hydrogens is 545 g/mol. The number of amides is 2. The minimum absolute atomic E-state index is 0.173. The van der Waals surface area contributed by atoms with E-state index in [-0.39, 0.29) is 24.3 Å². The average molecular weight is 576 g/mol. The molecule has 5 N–H and O–H groups in total. The molecule has 3 rings (SSSR count). The van der Waals surface area contributed by atoms with E-state index in [9.17, 15) is 14.4 Å². The normalized spacial score (nSPS) is 12.6. The number of aromatic nitrogens is 2. The number of pyridine rings is 1. The molecule has 0 unspecified atom stereocenters. The molecule has 2 heterocycles. The first-order valence-corrected chi connectivity index (χ1v) is 13.0. The standard InChI is InChI=1S/C27H31Cl2N5O5/c1-14(2)24(34-27(37)38)26(36)39-13-22(16-6-5-7-18(28)8-16)33-25(35)21-9-17(11-30-21)19-10-23(32-15(3)4)31-12-20(19)29/h5-12,14-15,22,24,30,34H,13H2,1-4H3,(H,31,32)(H,33,35)(H,37,38)/t22-,24+/m1/s1. The quantitative estimate of drug-likeness (QED) is 0.189. The second-order valence-electron chi connectivity index (χ2n) is 9.53. The molecule has 0 fully saturated rings. The maximum absolute atomic E-state index is 13.2. The predicted octanol–water partition coefficient (Wildman–Crippen LogP) is 5.51. The summed E-state index contributed by atoms with van der Waals surface area (Å²) in [5, 5.41) is 18.2. The third-order valence-electron chi connectivity index (χ3n) is 5.68. The molecule has 0 aliphatic rings. The Balaban J connectivity index is 1.80. The topological polar surface area (TPSA) is 145 Å². The minimum Gasteiger partial charge on any atom is -0.465 e. The van der Waals surface area contributed by atoms with Crippen molar-refractivity contribution in [2.24, 2.45) is 5.92 Å². The maximum Gasteiger partial charge on any atom is 0.405 e. The van der Waals surface area contributed by atoms with E-state index in [1.54, 1.807) is 62.6 Å². The van der Waals surface area contributed by atoms with E-state index in [0.29, 0.717) is 32.6 Å². The molecule has 0 saturated heterocycles. The van der Waals surface area contributed by atoms with E-state index < -0.39 is 30.1 Å². The Labute approximate surface area is 236 Å². The first kappa shape index (κ1) is 29.8. The molecule has 0 saturated carbocycles. The fourth-order valence-corrected chi connectivity index (χ4v) is 4.19. The van der Waals surface area contributed by atoms with Gasteiger partial charge in [-0.1, -0.05) is 49.2 Å². The number of ether oxygens (including phenoxy) is 1. The van der Waals surface area contributed by atoms with Crippen LogP contribution in [0.4, 0.5) is 10.6 Å². The van der Waals surface area contributed by atoms with E-state index in [1.807, 2.05) is 13.8 Å². The summed E-state index contributed by atoms with van der Waals surface area (Å²) in [5.74, 6) is -0.913. The number of rotatable bonds is 11. The Morgan fingerprint density at radius 3 is 2.46 bits per heavy atom. The molecule has 0 spiro atoms. The van der Waals surface area contributed by atoms with Crippen LogP contribution in [0.15, 0.2) is 48.8 Å². The van der Waals surface area contributed by atoms with E-state index in [4.69, 9.17) is 33.0 Å². The van der Waals surface area contributed by atoms with Gasteiger partial charge in [0.25, 0.3) is 5.91 Å². The predicted molar refractivity (Wildman–Crippen MR) is 150 cm³/mol. The fraction of sp³-hybridized carbons (Fsp3) is 0.333. The second kappa shape index (κ2) is 13.3. The number of carbonyl (C=O) groups excluding carboxylic acids is 2. The maximum atomic E-state index is 13.2. The number of benzene rings is 1. The van der Waals surface area contributed by atoms with Crippen LogP contribution in [-0.2, 0) is 9.53 Å². The number of nitrogens with zero attached hydrogens (tertiary/aromatic N) is 1. The molecule has 10 nitrogen and oxygen atoms in total. The zero-order chi connectivity index (χ0) is 28.7. The van der Waals surface area contributed by atoms with Gasteiger partial charge in [-0.3, -0.25) is 4.79 Å². The minimum atomic E-state index is -1.34. The monoisotopic (exact) mass is 575 g/mol. The Morgan fingerprint density at radius 1 is 1.08 bits per heavy atom. The highest BCUT2D eigenvalue weighted by atomic mass is 35.5. The van der Waals surface area contributed by atoms with Crippen molar-refractivity contribution >= 4 is 47.0 Å². The van der Waals surface area contributed by atoms with Gasteiger partial charge in [0, 0.05) is 34.6 Å². The molecule has 2 aromatic heterocycles. The molecule has 0 aliphatic carbocycles. The summed E-state index contributed by atoms with van der Waals surface area (Å²) in [7, 11) is 0. The van der Waals surface area contributed by atoms with Crippen LogP contribution >= 0.6 is 23.2 Å². The van der Waals surface area contributed by atoms with E-state index in [1.165, 1.54) is 0 Å². The van der Waals surface area contributed by atoms with E-state index in [0.717, 1.165) is 0 Å². The number of carbonyl (C=O) groups is 3. The number of carboxylic acid groups (broad SMARTS) is 1. The molecule has 0 bridgehead atoms. The molecule has 0 radical (unpaired) electrons. The Morgan fingerprint density at radius 2 is 1.82 bits per heavy atom. The summed E-state index contributed by atoms with van der Waals surface area (Å²) >= 11 is 12.5. The summed E-state index contributed by atoms with van der Waals surface area (Å²) in [6, 6.07) is 8.57. The van der Waals surface area contributed by atoms with Crippen molar-refractivity contribution in [3.63, 3.8) is 0 Å². The molecule has 2 amide bonds. The van der Waals surface area contributed by atoms with Gasteiger partial charge < -0.3 is 30.8 Å². The summed E-state index contributed by atoms with van der Waals surface area (Å²) in [6.45, 7) is 7.13. The van der Waals surface area contributed by atoms with Gasteiger partial charge in [-0.2, -0.15) is 0 Å². The highest BCUT2D eigenvalue weighted by Gasteiger charge is 2.27. The van der Waals surface area contributed by atoms with Gasteiger partial charge in [0.05, 0.1) is 11.1 Å². The lowest BCUT2D eigenvalue weighted by atomic mass is 10.0. The molecule has 1 aromatic carbocycles. The van der Waals surface area contributed by atoms with Crippen molar-refractivity contribution < 1.29 is 24.2 Å². The Hall–Kier alpha value is -3.76. The SMILES string of the molecule is CC(C)Nc1cc(-c2c[nH]c(C(=O)N[C@H](COC(=O)[C@@H](NC(=O)O)C(C)C)c3cccc(Cl)c3)c2)c(Cl)cn1. The average Bonchev–Trinajstić information content (AvgIpc) is 3.35. The Bertz CT molecular complexity index is 1330. The summed E-state index contributed by atoms with van der Waals surface area (Å²) in [4.78, 5) is 44.2. The Kier molecular flexibility index (Phi) is 10.2. The number of esters is 1. The van der Waals surface area contributed by atoms with Crippen molar-refractivity contribution in [1.29, 1.82) is 0 Å². The number of aromatic amines is 1. The van der Waals surface area contributed by atoms with E-state index in [2.05, 4.69) is 25.9 Å². The number of anilines is 1. The highest BCUT2D eigenvalue weighted by Crippen LogP contribution is 2.30. The summed E-state index contributed by atoms with van der Waals surface area (Å²) < 4.78 is 5.43. The van der Waals surface area contributed by atoms with Gasteiger partial charge in [-0.05, 0) is 49.6 Å². The molecule has 0 aliphatic heterocycles. The van der Waals surface area contributed by atoms with Crippen LogP contribution in [-0.4, -0.2) is 51.7 Å². The zero-order valence-corrected chi connectivity index (χ0v) is 23.4. The van der Waals surface area contributed by atoms with Gasteiger partial charge in [-0.25, -0.2) is 14.6 Å². The molecule has 2 atom stereocenters. The second-order valence-corrected chi connectivity index (χ2v) is 10.4. The van der Waals surface area contributed by atoms with Crippen LogP contribution in [0.1, 0.15) is 49.8 Å². The molecule has 12 heteroatoms. The van der Waals surface area contributed by atoms with Crippen LogP contribution in [0.5, 0.6) is 0 Å². The number of hydrogen-bond acceptors (Lipinski definition) is 6. The molecule has 3 aromatic rings. The molecular formula is C27H31Cl2N5O5. The van der Waals surface area contributed by atoms with Crippen LogP contribution in [0.2, 0.25) is 10.0 Å². The fourth-order valence-electron chi connectivity index (χ4n) is 3.78. The van der Waals surface area contributed by atoms with Gasteiger partial charge >= 0.3 is 12.1 Å². The molecule has 208 valence electrons. The van der Waals surface area contributed by atoms with Crippen LogP contribution < -0.4 is 16.0 Å². The smallest absolute Gasteiger partial charge is 0.405 e. The number of nitrogens with one attached hydrogen (secondary N) is 4. The number of hydrogen-bond donors (Lipinski definition) is 5. The van der Waals surface area contributed by atoms with E-state index >= 15 is 0 Å². The first-order chi connectivity index (χ1) is 18.4. The van der Waals surface area contributed by atoms with Gasteiger partial charge in [0.2, 0.25) is 0 Å². The number of halogens is 2. The molecule has 39 heavy (non-hydrogen) atoms. The summed E-state index contributed by atoms with van der Waals surface area (Å²) in [5.41, 5.74) is 2.23.